The Morgan fingerprint density at radius 3 is 1.58 bits per heavy atom. The topological polar surface area (TPSA) is 22.9 Å². The quantitative estimate of drug-likeness (QED) is 0.164. The van der Waals surface area contributed by atoms with Crippen LogP contribution in [0, 0.1) is 0 Å². The summed E-state index contributed by atoms with van der Waals surface area (Å²) in [5, 5.41) is 2.74. The predicted octanol–water partition coefficient (Wildman–Crippen LogP) is 16.0. The molecule has 6 aromatic carbocycles. The third-order valence-electron chi connectivity index (χ3n) is 17.6. The SMILES string of the molecule is CC(C)(C)c1ccc(N2c3ccc(C(C)(C)C)cc3B3c4c2cc(N2c5ccc([Si](C)(C)C)cc5C5(C)CCCCC25C)cc4N(c2ccc(C(C)(C)C)cc2)c2oc4ccc(C(C)(C)C)cc4c23)cc1. The van der Waals surface area contributed by atoms with Crippen molar-refractivity contribution in [2.75, 3.05) is 14.7 Å². The summed E-state index contributed by atoms with van der Waals surface area (Å²) in [6.07, 6.45) is 4.79. The van der Waals surface area contributed by atoms with E-state index in [1.165, 1.54) is 103 Å². The van der Waals surface area contributed by atoms with E-state index in [1.54, 1.807) is 5.19 Å². The molecule has 366 valence electrons. The van der Waals surface area contributed by atoms with Gasteiger partial charge in [-0.2, -0.15) is 0 Å². The summed E-state index contributed by atoms with van der Waals surface area (Å²) in [7, 11) is -1.61. The Labute approximate surface area is 428 Å². The van der Waals surface area contributed by atoms with E-state index in [9.17, 15) is 0 Å². The van der Waals surface area contributed by atoms with Crippen molar-refractivity contribution in [2.24, 2.45) is 0 Å². The summed E-state index contributed by atoms with van der Waals surface area (Å²) in [6.45, 7) is 40.5. The molecule has 0 amide bonds. The van der Waals surface area contributed by atoms with Gasteiger partial charge in [0.1, 0.15) is 5.58 Å². The minimum Gasteiger partial charge on any atom is -0.440 e. The predicted molar refractivity (Wildman–Crippen MR) is 311 cm³/mol. The zero-order valence-corrected chi connectivity index (χ0v) is 47.1. The van der Waals surface area contributed by atoms with Crippen molar-refractivity contribution in [3.05, 3.63) is 143 Å². The maximum absolute atomic E-state index is 7.44. The molecular weight excluding hydrogens is 878 g/mol. The molecule has 1 fully saturated rings. The van der Waals surface area contributed by atoms with E-state index in [2.05, 4.69) is 247 Å². The lowest BCUT2D eigenvalue weighted by Gasteiger charge is -2.51. The highest BCUT2D eigenvalue weighted by atomic mass is 28.3. The zero-order valence-electron chi connectivity index (χ0n) is 46.1. The van der Waals surface area contributed by atoms with Crippen LogP contribution < -0.4 is 36.3 Å². The van der Waals surface area contributed by atoms with Gasteiger partial charge in [-0.1, -0.05) is 182 Å². The first-order valence-electron chi connectivity index (χ1n) is 26.8. The molecule has 2 atom stereocenters. The molecule has 4 aliphatic rings. The van der Waals surface area contributed by atoms with Gasteiger partial charge in [-0.15, -0.1) is 0 Å². The van der Waals surface area contributed by atoms with Crippen molar-refractivity contribution >= 4 is 93.0 Å². The third kappa shape index (κ3) is 7.33. The highest BCUT2D eigenvalue weighted by molar-refractivity contribution is 7.01. The van der Waals surface area contributed by atoms with Crippen LogP contribution in [0.3, 0.4) is 0 Å². The van der Waals surface area contributed by atoms with Gasteiger partial charge in [0.05, 0.1) is 13.6 Å². The van der Waals surface area contributed by atoms with Crippen molar-refractivity contribution in [1.82, 2.24) is 0 Å². The molecule has 0 saturated heterocycles. The largest absolute Gasteiger partial charge is 0.440 e. The Bertz CT molecular complexity index is 3270. The minimum atomic E-state index is -1.61. The van der Waals surface area contributed by atoms with E-state index in [4.69, 9.17) is 4.42 Å². The monoisotopic (exact) mass is 956 g/mol. The number of rotatable bonds is 4. The molecule has 7 aromatic rings. The molecule has 4 nitrogen and oxygen atoms in total. The second-order valence-corrected chi connectivity index (χ2v) is 32.6. The van der Waals surface area contributed by atoms with Crippen molar-refractivity contribution < 1.29 is 4.42 Å². The molecule has 6 heteroatoms. The van der Waals surface area contributed by atoms with Crippen molar-refractivity contribution in [1.29, 1.82) is 0 Å². The molecule has 3 aliphatic heterocycles. The molecule has 1 aliphatic carbocycles. The third-order valence-corrected chi connectivity index (χ3v) is 19.7. The van der Waals surface area contributed by atoms with Gasteiger partial charge in [-0.05, 0) is 141 Å². The molecular formula is C65H78BN3OSi. The van der Waals surface area contributed by atoms with Crippen LogP contribution in [0.1, 0.15) is 150 Å². The summed E-state index contributed by atoms with van der Waals surface area (Å²) in [6, 6.07) is 46.0. The summed E-state index contributed by atoms with van der Waals surface area (Å²) in [4.78, 5) is 7.94. The Morgan fingerprint density at radius 2 is 1.00 bits per heavy atom. The lowest BCUT2D eigenvalue weighted by atomic mass is 9.33. The van der Waals surface area contributed by atoms with Crippen LogP contribution in [-0.4, -0.2) is 20.3 Å². The van der Waals surface area contributed by atoms with Gasteiger partial charge in [-0.25, -0.2) is 0 Å². The van der Waals surface area contributed by atoms with E-state index >= 15 is 0 Å². The van der Waals surface area contributed by atoms with Crippen LogP contribution in [-0.2, 0) is 27.1 Å². The Morgan fingerprint density at radius 1 is 0.493 bits per heavy atom. The molecule has 2 unspecified atom stereocenters. The van der Waals surface area contributed by atoms with Gasteiger partial charge >= 0.3 is 0 Å². The molecule has 1 aromatic heterocycles. The maximum Gasteiger partial charge on any atom is 0.257 e. The maximum atomic E-state index is 7.44. The molecule has 1 saturated carbocycles. The van der Waals surface area contributed by atoms with Gasteiger partial charge in [0.25, 0.3) is 6.71 Å². The van der Waals surface area contributed by atoms with Gasteiger partial charge in [0, 0.05) is 56.1 Å². The summed E-state index contributed by atoms with van der Waals surface area (Å²) in [5.74, 6) is 0.917. The number of furan rings is 1. The standard InChI is InChI=1S/C65H78BN3OSi/c1-60(2,3)41-20-26-45(27-21-41)67-53-31-24-44(63(10,11)12)37-51(53)66-57-49-36-43(62(7,8)9)25-33-56(49)70-59(57)68(46-28-22-42(23-29-46)61(4,5)6)55-39-47(38-54(67)58(55)66)69-52-32-30-48(71(15,16)17)40-50(52)64(13)34-18-19-35-65(64,69)14/h20-33,36-40H,18-19,34-35H2,1-17H3. The Balaban J connectivity index is 1.28. The number of anilines is 8. The van der Waals surface area contributed by atoms with Crippen molar-refractivity contribution in [3.8, 4) is 0 Å². The lowest BCUT2D eigenvalue weighted by molar-refractivity contribution is 0.195. The molecule has 71 heavy (non-hydrogen) atoms. The number of hydrogen-bond acceptors (Lipinski definition) is 4. The van der Waals surface area contributed by atoms with Gasteiger partial charge < -0.3 is 14.2 Å². The molecule has 4 heterocycles. The van der Waals surface area contributed by atoms with Crippen LogP contribution in [0.4, 0.5) is 45.7 Å². The normalized spacial score (nSPS) is 20.0. The summed E-state index contributed by atoms with van der Waals surface area (Å²) in [5.41, 5.74) is 20.0. The Kier molecular flexibility index (Phi) is 10.5. The first kappa shape index (κ1) is 47.8. The average Bonchev–Trinajstić information content (AvgIpc) is 3.76. The molecule has 0 bridgehead atoms. The smallest absolute Gasteiger partial charge is 0.257 e. The fraction of sp³-hybridized carbons (Fsp3) is 0.415. The average molecular weight is 956 g/mol. The number of hydrogen-bond donors (Lipinski definition) is 0. The fourth-order valence-electron chi connectivity index (χ4n) is 12.9. The van der Waals surface area contributed by atoms with Crippen molar-refractivity contribution in [3.63, 3.8) is 0 Å². The first-order chi connectivity index (χ1) is 33.1. The molecule has 11 rings (SSSR count). The summed E-state index contributed by atoms with van der Waals surface area (Å²) >= 11 is 0. The highest BCUT2D eigenvalue weighted by Crippen LogP contribution is 2.62. The van der Waals surface area contributed by atoms with E-state index in [-0.39, 0.29) is 39.3 Å². The van der Waals surface area contributed by atoms with Gasteiger partial charge in [0.2, 0.25) is 5.88 Å². The molecule has 0 spiro atoms. The Hall–Kier alpha value is -5.46. The zero-order chi connectivity index (χ0) is 50.7. The number of fused-ring (bicyclic) bond motifs is 9. The van der Waals surface area contributed by atoms with E-state index < -0.39 is 8.07 Å². The lowest BCUT2D eigenvalue weighted by Crippen LogP contribution is -2.61. The first-order valence-corrected chi connectivity index (χ1v) is 30.3. The van der Waals surface area contributed by atoms with Crippen LogP contribution in [0.25, 0.3) is 11.0 Å². The van der Waals surface area contributed by atoms with E-state index in [0.717, 1.165) is 23.6 Å². The fourth-order valence-corrected chi connectivity index (χ4v) is 14.1. The second kappa shape index (κ2) is 15.5. The second-order valence-electron chi connectivity index (χ2n) is 27.5. The van der Waals surface area contributed by atoms with Crippen LogP contribution in [0.15, 0.2) is 120 Å². The van der Waals surface area contributed by atoms with Crippen molar-refractivity contribution in [2.45, 2.75) is 175 Å². The van der Waals surface area contributed by atoms with Crippen LogP contribution in [0.2, 0.25) is 19.6 Å². The number of benzene rings is 6. The van der Waals surface area contributed by atoms with E-state index in [1.807, 2.05) is 0 Å². The van der Waals surface area contributed by atoms with Crippen LogP contribution >= 0.6 is 0 Å². The highest BCUT2D eigenvalue weighted by Gasteiger charge is 2.58. The minimum absolute atomic E-state index is 0.0104. The van der Waals surface area contributed by atoms with Gasteiger partial charge in [0.15, 0.2) is 0 Å². The van der Waals surface area contributed by atoms with Gasteiger partial charge in [-0.3, -0.25) is 4.90 Å². The number of nitrogens with zero attached hydrogens (tertiary/aromatic N) is 3. The van der Waals surface area contributed by atoms with E-state index in [0.29, 0.717) is 0 Å². The molecule has 0 N–H and O–H groups in total. The molecule has 0 radical (unpaired) electrons. The van der Waals surface area contributed by atoms with Crippen LogP contribution in [0.5, 0.6) is 0 Å². The summed E-state index contributed by atoms with van der Waals surface area (Å²) < 4.78 is 7.44.